The van der Waals surface area contributed by atoms with Gasteiger partial charge in [-0.15, -0.1) is 5.10 Å². The summed E-state index contributed by atoms with van der Waals surface area (Å²) in [5.74, 6) is 1.10. The lowest BCUT2D eigenvalue weighted by Gasteiger charge is -2.00. The maximum absolute atomic E-state index is 5.47. The second kappa shape index (κ2) is 2.90. The summed E-state index contributed by atoms with van der Waals surface area (Å²) in [5.41, 5.74) is 6.45. The van der Waals surface area contributed by atoms with Crippen LogP contribution in [0.3, 0.4) is 0 Å². The molecular weight excluding hydrogens is 164 g/mol. The molecule has 13 heavy (non-hydrogen) atoms. The van der Waals surface area contributed by atoms with E-state index in [1.807, 2.05) is 37.3 Å². The van der Waals surface area contributed by atoms with E-state index in [1.54, 1.807) is 4.68 Å². The van der Waals surface area contributed by atoms with Gasteiger partial charge in [-0.2, -0.15) is 4.98 Å². The van der Waals surface area contributed by atoms with Crippen molar-refractivity contribution in [2.75, 3.05) is 5.73 Å². The zero-order valence-electron chi connectivity index (χ0n) is 7.31. The van der Waals surface area contributed by atoms with E-state index in [4.69, 9.17) is 5.73 Å². The molecular formula is C9H10N4. The van der Waals surface area contributed by atoms with Crippen LogP contribution >= 0.6 is 0 Å². The Labute approximate surface area is 76.0 Å². The topological polar surface area (TPSA) is 56.7 Å². The van der Waals surface area contributed by atoms with Crippen molar-refractivity contribution in [2.45, 2.75) is 6.92 Å². The molecule has 2 N–H and O–H groups in total. The summed E-state index contributed by atoms with van der Waals surface area (Å²) in [4.78, 5) is 4.02. The van der Waals surface area contributed by atoms with E-state index >= 15 is 0 Å². The van der Waals surface area contributed by atoms with Crippen LogP contribution < -0.4 is 5.73 Å². The molecule has 66 valence electrons. The highest BCUT2D eigenvalue weighted by Crippen LogP contribution is 2.08. The SMILES string of the molecule is Cc1nc(N)nn1-c1ccccc1. The zero-order chi connectivity index (χ0) is 9.26. The molecule has 4 nitrogen and oxygen atoms in total. The first kappa shape index (κ1) is 7.79. The molecule has 0 aliphatic rings. The van der Waals surface area contributed by atoms with Gasteiger partial charge in [0.05, 0.1) is 5.69 Å². The Morgan fingerprint density at radius 3 is 2.46 bits per heavy atom. The molecule has 0 amide bonds. The van der Waals surface area contributed by atoms with Gasteiger partial charge in [0.2, 0.25) is 5.95 Å². The number of para-hydroxylation sites is 1. The third-order valence-electron chi connectivity index (χ3n) is 1.79. The van der Waals surface area contributed by atoms with Gasteiger partial charge >= 0.3 is 0 Å². The Hall–Kier alpha value is -1.84. The summed E-state index contributed by atoms with van der Waals surface area (Å²) in [6.07, 6.45) is 0. The lowest BCUT2D eigenvalue weighted by Crippen LogP contribution is -1.98. The lowest BCUT2D eigenvalue weighted by molar-refractivity contribution is 0.843. The molecule has 2 rings (SSSR count). The molecule has 1 aromatic carbocycles. The maximum Gasteiger partial charge on any atom is 0.240 e. The van der Waals surface area contributed by atoms with Crippen LogP contribution in [-0.4, -0.2) is 14.8 Å². The molecule has 0 bridgehead atoms. The standard InChI is InChI=1S/C9H10N4/c1-7-11-9(10)12-13(7)8-5-3-2-4-6-8/h2-6H,1H3,(H2,10,12). The van der Waals surface area contributed by atoms with Crippen LogP contribution in [0, 0.1) is 6.92 Å². The number of hydrogen-bond donors (Lipinski definition) is 1. The molecule has 1 heterocycles. The quantitative estimate of drug-likeness (QED) is 0.705. The van der Waals surface area contributed by atoms with E-state index in [-0.39, 0.29) is 0 Å². The smallest absolute Gasteiger partial charge is 0.240 e. The van der Waals surface area contributed by atoms with Gasteiger partial charge in [0, 0.05) is 0 Å². The molecule has 0 aliphatic heterocycles. The summed E-state index contributed by atoms with van der Waals surface area (Å²) in [6, 6.07) is 9.78. The summed E-state index contributed by atoms with van der Waals surface area (Å²) in [7, 11) is 0. The van der Waals surface area contributed by atoms with Gasteiger partial charge in [-0.25, -0.2) is 4.68 Å². The molecule has 0 radical (unpaired) electrons. The van der Waals surface area contributed by atoms with Gasteiger partial charge in [0.1, 0.15) is 5.82 Å². The first-order chi connectivity index (χ1) is 6.27. The van der Waals surface area contributed by atoms with Crippen molar-refractivity contribution in [3.05, 3.63) is 36.2 Å². The van der Waals surface area contributed by atoms with E-state index < -0.39 is 0 Å². The molecule has 2 aromatic rings. The van der Waals surface area contributed by atoms with Crippen LogP contribution in [0.2, 0.25) is 0 Å². The molecule has 0 atom stereocenters. The molecule has 0 saturated heterocycles. The average molecular weight is 174 g/mol. The predicted molar refractivity (Wildman–Crippen MR) is 50.5 cm³/mol. The number of rotatable bonds is 1. The van der Waals surface area contributed by atoms with Gasteiger partial charge in [-0.05, 0) is 19.1 Å². The average Bonchev–Trinajstić information content (AvgIpc) is 2.47. The van der Waals surface area contributed by atoms with Crippen LogP contribution in [0.25, 0.3) is 5.69 Å². The van der Waals surface area contributed by atoms with E-state index in [0.717, 1.165) is 11.5 Å². The number of anilines is 1. The third kappa shape index (κ3) is 1.38. The van der Waals surface area contributed by atoms with Crippen LogP contribution in [0.15, 0.2) is 30.3 Å². The normalized spacial score (nSPS) is 10.2. The Morgan fingerprint density at radius 1 is 1.23 bits per heavy atom. The number of aryl methyl sites for hydroxylation is 1. The van der Waals surface area contributed by atoms with Gasteiger partial charge in [0.25, 0.3) is 0 Å². The summed E-state index contributed by atoms with van der Waals surface area (Å²) >= 11 is 0. The van der Waals surface area contributed by atoms with Crippen molar-refractivity contribution < 1.29 is 0 Å². The van der Waals surface area contributed by atoms with Gasteiger partial charge < -0.3 is 5.73 Å². The predicted octanol–water partition coefficient (Wildman–Crippen LogP) is 1.16. The van der Waals surface area contributed by atoms with Crippen molar-refractivity contribution in [2.24, 2.45) is 0 Å². The van der Waals surface area contributed by atoms with Crippen molar-refractivity contribution in [1.29, 1.82) is 0 Å². The Bertz CT molecular complexity index is 405. The second-order valence-electron chi connectivity index (χ2n) is 2.76. The van der Waals surface area contributed by atoms with Crippen molar-refractivity contribution >= 4 is 5.95 Å². The molecule has 0 unspecified atom stereocenters. The second-order valence-corrected chi connectivity index (χ2v) is 2.76. The Kier molecular flexibility index (Phi) is 1.73. The Balaban J connectivity index is 2.53. The van der Waals surface area contributed by atoms with Crippen molar-refractivity contribution in [3.63, 3.8) is 0 Å². The van der Waals surface area contributed by atoms with E-state index in [1.165, 1.54) is 0 Å². The number of aromatic nitrogens is 3. The van der Waals surface area contributed by atoms with Crippen LogP contribution in [0.1, 0.15) is 5.82 Å². The minimum atomic E-state index is 0.307. The molecule has 0 fully saturated rings. The number of benzene rings is 1. The number of nitrogens with two attached hydrogens (primary N) is 1. The fourth-order valence-electron chi connectivity index (χ4n) is 1.22. The monoisotopic (exact) mass is 174 g/mol. The summed E-state index contributed by atoms with van der Waals surface area (Å²) < 4.78 is 1.72. The molecule has 0 aliphatic carbocycles. The summed E-state index contributed by atoms with van der Waals surface area (Å²) in [6.45, 7) is 1.87. The molecule has 0 saturated carbocycles. The molecule has 4 heteroatoms. The van der Waals surface area contributed by atoms with Crippen LogP contribution in [-0.2, 0) is 0 Å². The largest absolute Gasteiger partial charge is 0.366 e. The van der Waals surface area contributed by atoms with Crippen LogP contribution in [0.4, 0.5) is 5.95 Å². The molecule has 0 spiro atoms. The van der Waals surface area contributed by atoms with E-state index in [9.17, 15) is 0 Å². The third-order valence-corrected chi connectivity index (χ3v) is 1.79. The number of nitrogen functional groups attached to an aromatic ring is 1. The highest BCUT2D eigenvalue weighted by molar-refractivity contribution is 5.32. The number of nitrogens with zero attached hydrogens (tertiary/aromatic N) is 3. The fraction of sp³-hybridized carbons (Fsp3) is 0.111. The number of hydrogen-bond acceptors (Lipinski definition) is 3. The first-order valence-corrected chi connectivity index (χ1v) is 4.02. The fourth-order valence-corrected chi connectivity index (χ4v) is 1.22. The Morgan fingerprint density at radius 2 is 1.92 bits per heavy atom. The van der Waals surface area contributed by atoms with Crippen molar-refractivity contribution in [3.8, 4) is 5.69 Å². The highest BCUT2D eigenvalue weighted by atomic mass is 15.4. The first-order valence-electron chi connectivity index (χ1n) is 4.02. The van der Waals surface area contributed by atoms with Crippen LogP contribution in [0.5, 0.6) is 0 Å². The van der Waals surface area contributed by atoms with E-state index in [0.29, 0.717) is 5.95 Å². The van der Waals surface area contributed by atoms with Gasteiger partial charge in [-0.3, -0.25) is 0 Å². The molecule has 1 aromatic heterocycles. The zero-order valence-corrected chi connectivity index (χ0v) is 7.31. The van der Waals surface area contributed by atoms with Crippen molar-refractivity contribution in [1.82, 2.24) is 14.8 Å². The highest BCUT2D eigenvalue weighted by Gasteiger charge is 2.03. The summed E-state index contributed by atoms with van der Waals surface area (Å²) in [5, 5.41) is 4.06. The van der Waals surface area contributed by atoms with Gasteiger partial charge in [-0.1, -0.05) is 18.2 Å². The minimum absolute atomic E-state index is 0.307. The maximum atomic E-state index is 5.47. The van der Waals surface area contributed by atoms with Gasteiger partial charge in [0.15, 0.2) is 0 Å². The minimum Gasteiger partial charge on any atom is -0.366 e. The lowest BCUT2D eigenvalue weighted by atomic mass is 10.3. The van der Waals surface area contributed by atoms with E-state index in [2.05, 4.69) is 10.1 Å².